The molecule has 0 rings (SSSR count). The van der Waals surface area contributed by atoms with Gasteiger partial charge in [-0.15, -0.1) is 11.6 Å². The monoisotopic (exact) mass is 231 g/mol. The second-order valence-corrected chi connectivity index (χ2v) is 4.18. The van der Waals surface area contributed by atoms with Crippen LogP contribution in [-0.2, 0) is 13.8 Å². The Morgan fingerprint density at radius 2 is 2.31 bits per heavy atom. The van der Waals surface area contributed by atoms with Crippen molar-refractivity contribution in [2.24, 2.45) is 5.50 Å². The van der Waals surface area contributed by atoms with Crippen molar-refractivity contribution in [2.45, 2.75) is 19.4 Å². The van der Waals surface area contributed by atoms with Crippen molar-refractivity contribution in [3.05, 3.63) is 0 Å². The summed E-state index contributed by atoms with van der Waals surface area (Å²) in [5.74, 6) is 0.411. The molecule has 0 fully saturated rings. The van der Waals surface area contributed by atoms with Crippen LogP contribution in [0, 0.1) is 0 Å². The summed E-state index contributed by atoms with van der Waals surface area (Å²) >= 11 is 5.48. The maximum Gasteiger partial charge on any atom is 0.400 e. The zero-order chi connectivity index (χ0) is 10.3. The molecule has 0 radical (unpaired) electrons. The molecule has 0 aromatic rings. The van der Waals surface area contributed by atoms with E-state index < -0.39 is 7.75 Å². The molecule has 2 unspecified atom stereocenters. The topological polar surface area (TPSA) is 81.8 Å². The first-order valence-corrected chi connectivity index (χ1v) is 6.11. The van der Waals surface area contributed by atoms with E-state index in [4.69, 9.17) is 26.7 Å². The molecule has 0 bridgehead atoms. The molecule has 0 amide bonds. The van der Waals surface area contributed by atoms with Crippen LogP contribution in [0.15, 0.2) is 0 Å². The minimum absolute atomic E-state index is 0.00909. The number of rotatable bonds is 7. The Labute approximate surface area is 82.7 Å². The Bertz CT molecular complexity index is 168. The van der Waals surface area contributed by atoms with Gasteiger partial charge in [-0.25, -0.2) is 10.1 Å². The lowest BCUT2D eigenvalue weighted by atomic mass is 10.3. The zero-order valence-corrected chi connectivity index (χ0v) is 9.13. The van der Waals surface area contributed by atoms with Gasteiger partial charge in [0.2, 0.25) is 0 Å². The van der Waals surface area contributed by atoms with Crippen molar-refractivity contribution < 1.29 is 18.7 Å². The predicted octanol–water partition coefficient (Wildman–Crippen LogP) is 1.10. The van der Waals surface area contributed by atoms with Crippen LogP contribution in [0.25, 0.3) is 0 Å². The lowest BCUT2D eigenvalue weighted by molar-refractivity contribution is 0.0231. The third-order valence-corrected chi connectivity index (χ3v) is 2.02. The maximum atomic E-state index is 10.6. The summed E-state index contributed by atoms with van der Waals surface area (Å²) in [5, 5.41) is 0. The fourth-order valence-corrected chi connectivity index (χ4v) is 1.39. The van der Waals surface area contributed by atoms with Crippen LogP contribution in [-0.4, -0.2) is 30.1 Å². The van der Waals surface area contributed by atoms with Crippen LogP contribution in [0.2, 0.25) is 0 Å². The molecule has 80 valence electrons. The number of alkyl halides is 1. The van der Waals surface area contributed by atoms with Gasteiger partial charge in [0.05, 0.1) is 12.7 Å². The predicted molar refractivity (Wildman–Crippen MR) is 50.7 cm³/mol. The quantitative estimate of drug-likeness (QED) is 0.506. The number of hydrogen-bond donors (Lipinski definition) is 2. The lowest BCUT2D eigenvalue weighted by Gasteiger charge is -2.16. The summed E-state index contributed by atoms with van der Waals surface area (Å²) in [5.41, 5.74) is 4.78. The highest BCUT2D eigenvalue weighted by Gasteiger charge is 2.16. The largest absolute Gasteiger partial charge is 0.400 e. The van der Waals surface area contributed by atoms with Crippen LogP contribution in [0.3, 0.4) is 0 Å². The van der Waals surface area contributed by atoms with E-state index in [1.807, 2.05) is 6.92 Å². The maximum absolute atomic E-state index is 10.6. The first kappa shape index (κ1) is 13.4. The molecule has 0 aliphatic carbocycles. The average molecular weight is 232 g/mol. The van der Waals surface area contributed by atoms with Crippen LogP contribution < -0.4 is 5.50 Å². The van der Waals surface area contributed by atoms with E-state index in [-0.39, 0.29) is 12.7 Å². The van der Waals surface area contributed by atoms with Crippen molar-refractivity contribution >= 4 is 19.3 Å². The SMILES string of the molecule is CCOC(CCCl)COP(N)(=O)O. The third kappa shape index (κ3) is 8.68. The summed E-state index contributed by atoms with van der Waals surface area (Å²) in [6.45, 7) is 2.32. The normalized spacial score (nSPS) is 18.2. The molecule has 0 spiro atoms. The Balaban J connectivity index is 3.74. The van der Waals surface area contributed by atoms with Crippen LogP contribution >= 0.6 is 19.3 Å². The van der Waals surface area contributed by atoms with E-state index in [0.717, 1.165) is 0 Å². The van der Waals surface area contributed by atoms with Gasteiger partial charge in [0.1, 0.15) is 0 Å². The van der Waals surface area contributed by atoms with E-state index in [2.05, 4.69) is 4.52 Å². The van der Waals surface area contributed by atoms with Gasteiger partial charge in [-0.2, -0.15) is 0 Å². The summed E-state index contributed by atoms with van der Waals surface area (Å²) < 4.78 is 20.2. The van der Waals surface area contributed by atoms with Gasteiger partial charge in [-0.1, -0.05) is 0 Å². The lowest BCUT2D eigenvalue weighted by Crippen LogP contribution is -2.20. The molecule has 0 heterocycles. The summed E-state index contributed by atoms with van der Waals surface area (Å²) in [7, 11) is -3.89. The summed E-state index contributed by atoms with van der Waals surface area (Å²) in [6.07, 6.45) is 0.293. The van der Waals surface area contributed by atoms with Gasteiger partial charge in [0, 0.05) is 12.5 Å². The third-order valence-electron chi connectivity index (χ3n) is 1.28. The van der Waals surface area contributed by atoms with Gasteiger partial charge < -0.3 is 9.63 Å². The zero-order valence-electron chi connectivity index (χ0n) is 7.48. The average Bonchev–Trinajstić information content (AvgIpc) is 2.00. The highest BCUT2D eigenvalue weighted by atomic mass is 35.5. The number of ether oxygens (including phenoxy) is 1. The second kappa shape index (κ2) is 6.76. The van der Waals surface area contributed by atoms with Gasteiger partial charge in [-0.3, -0.25) is 4.52 Å². The Kier molecular flexibility index (Phi) is 6.95. The van der Waals surface area contributed by atoms with E-state index in [0.29, 0.717) is 18.9 Å². The molecule has 0 saturated carbocycles. The molecule has 0 aromatic heterocycles. The summed E-state index contributed by atoms with van der Waals surface area (Å²) in [4.78, 5) is 8.63. The smallest absolute Gasteiger partial charge is 0.376 e. The molecule has 13 heavy (non-hydrogen) atoms. The Hall–Kier alpha value is 0.360. The van der Waals surface area contributed by atoms with Crippen LogP contribution in [0.1, 0.15) is 13.3 Å². The molecule has 0 saturated heterocycles. The first-order valence-electron chi connectivity index (χ1n) is 3.93. The number of hydrogen-bond acceptors (Lipinski definition) is 3. The number of halogens is 1. The molecular weight excluding hydrogens is 216 g/mol. The van der Waals surface area contributed by atoms with Crippen LogP contribution in [0.5, 0.6) is 0 Å². The van der Waals surface area contributed by atoms with Crippen molar-refractivity contribution in [3.63, 3.8) is 0 Å². The van der Waals surface area contributed by atoms with E-state index >= 15 is 0 Å². The Morgan fingerprint density at radius 1 is 1.69 bits per heavy atom. The summed E-state index contributed by atoms with van der Waals surface area (Å²) in [6, 6.07) is 0. The molecule has 5 nitrogen and oxygen atoms in total. The second-order valence-electron chi connectivity index (χ2n) is 2.41. The van der Waals surface area contributed by atoms with Gasteiger partial charge >= 0.3 is 7.75 Å². The van der Waals surface area contributed by atoms with Crippen molar-refractivity contribution in [1.82, 2.24) is 0 Å². The van der Waals surface area contributed by atoms with Gasteiger partial charge in [0.25, 0.3) is 0 Å². The van der Waals surface area contributed by atoms with Crippen LogP contribution in [0.4, 0.5) is 0 Å². The van der Waals surface area contributed by atoms with E-state index in [9.17, 15) is 4.57 Å². The first-order chi connectivity index (χ1) is 5.99. The minimum atomic E-state index is -3.89. The van der Waals surface area contributed by atoms with Crippen molar-refractivity contribution in [2.75, 3.05) is 19.1 Å². The fraction of sp³-hybridized carbons (Fsp3) is 1.00. The Morgan fingerprint density at radius 3 is 2.69 bits per heavy atom. The van der Waals surface area contributed by atoms with Crippen molar-refractivity contribution in [3.8, 4) is 0 Å². The molecule has 0 aromatic carbocycles. The fourth-order valence-electron chi connectivity index (χ4n) is 0.762. The molecule has 0 aliphatic heterocycles. The minimum Gasteiger partial charge on any atom is -0.376 e. The number of nitrogens with two attached hydrogens (primary N) is 1. The molecule has 2 atom stereocenters. The molecule has 3 N–H and O–H groups in total. The molecule has 0 aliphatic rings. The van der Waals surface area contributed by atoms with E-state index in [1.165, 1.54) is 0 Å². The highest BCUT2D eigenvalue weighted by Crippen LogP contribution is 2.31. The van der Waals surface area contributed by atoms with Gasteiger partial charge in [-0.05, 0) is 13.3 Å². The van der Waals surface area contributed by atoms with E-state index in [1.54, 1.807) is 0 Å². The standard InChI is InChI=1S/C6H15ClNO4P/c1-2-11-6(3-4-7)5-12-13(8,9)10/h6H,2-5H2,1H3,(H3,8,9,10). The van der Waals surface area contributed by atoms with Gasteiger partial charge in [0.15, 0.2) is 0 Å². The molecular formula is C6H15ClNO4P. The molecule has 7 heteroatoms. The van der Waals surface area contributed by atoms with Crippen molar-refractivity contribution in [1.29, 1.82) is 0 Å². The highest BCUT2D eigenvalue weighted by molar-refractivity contribution is 7.50.